The Morgan fingerprint density at radius 2 is 1.89 bits per heavy atom. The standard InChI is InChI=1S/C14H12FN3/c15-12-3-1-10(2-4-12)13-7-11(5-6-17-13)14-8-16-9-18-14/h1-8,16,18H,9H2. The van der Waals surface area contributed by atoms with Gasteiger partial charge in [0.1, 0.15) is 5.82 Å². The number of nitrogens with zero attached hydrogens (tertiary/aromatic N) is 1. The summed E-state index contributed by atoms with van der Waals surface area (Å²) in [5.74, 6) is -0.237. The molecule has 0 bridgehead atoms. The van der Waals surface area contributed by atoms with E-state index in [0.29, 0.717) is 0 Å². The molecule has 18 heavy (non-hydrogen) atoms. The van der Waals surface area contributed by atoms with Gasteiger partial charge in [-0.05, 0) is 36.4 Å². The first-order valence-corrected chi connectivity index (χ1v) is 5.73. The second kappa shape index (κ2) is 4.49. The molecule has 0 spiro atoms. The molecule has 1 aromatic heterocycles. The smallest absolute Gasteiger partial charge is 0.123 e. The zero-order valence-electron chi connectivity index (χ0n) is 9.65. The number of pyridine rings is 1. The number of rotatable bonds is 2. The van der Waals surface area contributed by atoms with Crippen molar-refractivity contribution in [1.29, 1.82) is 0 Å². The van der Waals surface area contributed by atoms with Crippen LogP contribution in [0, 0.1) is 5.82 Å². The monoisotopic (exact) mass is 241 g/mol. The van der Waals surface area contributed by atoms with Crippen LogP contribution in [-0.2, 0) is 0 Å². The van der Waals surface area contributed by atoms with E-state index in [4.69, 9.17) is 0 Å². The normalized spacial score (nSPS) is 13.7. The van der Waals surface area contributed by atoms with Crippen LogP contribution in [0.15, 0.2) is 48.8 Å². The molecule has 0 amide bonds. The van der Waals surface area contributed by atoms with Crippen LogP contribution in [0.3, 0.4) is 0 Å². The van der Waals surface area contributed by atoms with Gasteiger partial charge in [-0.1, -0.05) is 0 Å². The molecule has 3 rings (SSSR count). The summed E-state index contributed by atoms with van der Waals surface area (Å²) in [4.78, 5) is 4.31. The Balaban J connectivity index is 1.98. The fourth-order valence-corrected chi connectivity index (χ4v) is 1.91. The van der Waals surface area contributed by atoms with Crippen LogP contribution in [0.1, 0.15) is 5.56 Å². The lowest BCUT2D eigenvalue weighted by Crippen LogP contribution is -2.13. The highest BCUT2D eigenvalue weighted by Crippen LogP contribution is 2.21. The molecule has 1 aromatic carbocycles. The SMILES string of the molecule is Fc1ccc(-c2cc(C3=CNCN3)ccn2)cc1. The van der Waals surface area contributed by atoms with Gasteiger partial charge >= 0.3 is 0 Å². The molecule has 2 N–H and O–H groups in total. The summed E-state index contributed by atoms with van der Waals surface area (Å²) in [7, 11) is 0. The first-order chi connectivity index (χ1) is 8.83. The van der Waals surface area contributed by atoms with Gasteiger partial charge in [-0.15, -0.1) is 0 Å². The molecule has 90 valence electrons. The second-order valence-corrected chi connectivity index (χ2v) is 4.05. The van der Waals surface area contributed by atoms with Crippen LogP contribution < -0.4 is 10.6 Å². The summed E-state index contributed by atoms with van der Waals surface area (Å²) in [5.41, 5.74) is 3.85. The van der Waals surface area contributed by atoms with E-state index in [9.17, 15) is 4.39 Å². The first-order valence-electron chi connectivity index (χ1n) is 5.73. The predicted octanol–water partition coefficient (Wildman–Crippen LogP) is 2.34. The summed E-state index contributed by atoms with van der Waals surface area (Å²) in [5, 5.41) is 6.32. The lowest BCUT2D eigenvalue weighted by Gasteiger charge is -2.06. The van der Waals surface area contributed by atoms with Gasteiger partial charge in [0.15, 0.2) is 0 Å². The Kier molecular flexibility index (Phi) is 2.68. The van der Waals surface area contributed by atoms with Gasteiger partial charge in [-0.2, -0.15) is 0 Å². The van der Waals surface area contributed by atoms with Crippen molar-refractivity contribution >= 4 is 5.70 Å². The highest BCUT2D eigenvalue weighted by molar-refractivity contribution is 5.70. The van der Waals surface area contributed by atoms with E-state index in [1.165, 1.54) is 12.1 Å². The Morgan fingerprint density at radius 3 is 2.61 bits per heavy atom. The molecule has 1 aliphatic heterocycles. The lowest BCUT2D eigenvalue weighted by atomic mass is 10.1. The molecule has 1 aliphatic rings. The highest BCUT2D eigenvalue weighted by Gasteiger charge is 2.07. The minimum Gasteiger partial charge on any atom is -0.372 e. The predicted molar refractivity (Wildman–Crippen MR) is 68.7 cm³/mol. The van der Waals surface area contributed by atoms with Crippen molar-refractivity contribution in [3.8, 4) is 11.3 Å². The maximum Gasteiger partial charge on any atom is 0.123 e. The molecule has 2 aromatic rings. The molecule has 0 radical (unpaired) electrons. The summed E-state index contributed by atoms with van der Waals surface area (Å²) in [6, 6.07) is 10.3. The first kappa shape index (κ1) is 10.8. The van der Waals surface area contributed by atoms with Gasteiger partial charge in [-0.25, -0.2) is 4.39 Å². The number of benzene rings is 1. The number of hydrogen-bond acceptors (Lipinski definition) is 3. The third kappa shape index (κ3) is 2.05. The van der Waals surface area contributed by atoms with E-state index in [2.05, 4.69) is 15.6 Å². The average molecular weight is 241 g/mol. The Hall–Kier alpha value is -2.36. The van der Waals surface area contributed by atoms with Crippen LogP contribution >= 0.6 is 0 Å². The quantitative estimate of drug-likeness (QED) is 0.847. The molecule has 0 fully saturated rings. The van der Waals surface area contributed by atoms with Crippen molar-refractivity contribution in [3.05, 3.63) is 60.2 Å². The zero-order valence-corrected chi connectivity index (χ0v) is 9.65. The topological polar surface area (TPSA) is 37.0 Å². The molecule has 4 heteroatoms. The van der Waals surface area contributed by atoms with Crippen molar-refractivity contribution in [2.45, 2.75) is 0 Å². The summed E-state index contributed by atoms with van der Waals surface area (Å²) in [6.07, 6.45) is 3.69. The average Bonchev–Trinajstić information content (AvgIpc) is 2.94. The molecule has 3 nitrogen and oxygen atoms in total. The molecule has 0 unspecified atom stereocenters. The molecule has 2 heterocycles. The number of aromatic nitrogens is 1. The molecule has 0 atom stereocenters. The fourth-order valence-electron chi connectivity index (χ4n) is 1.91. The van der Waals surface area contributed by atoms with Gasteiger partial charge in [-0.3, -0.25) is 4.98 Å². The van der Waals surface area contributed by atoms with Crippen molar-refractivity contribution in [3.63, 3.8) is 0 Å². The highest BCUT2D eigenvalue weighted by atomic mass is 19.1. The minimum absolute atomic E-state index is 0.237. The summed E-state index contributed by atoms with van der Waals surface area (Å²) < 4.78 is 12.9. The van der Waals surface area contributed by atoms with Gasteiger partial charge in [0.2, 0.25) is 0 Å². The van der Waals surface area contributed by atoms with E-state index < -0.39 is 0 Å². The molecule has 0 aliphatic carbocycles. The summed E-state index contributed by atoms with van der Waals surface area (Å²) in [6.45, 7) is 0.740. The van der Waals surface area contributed by atoms with Crippen molar-refractivity contribution < 1.29 is 4.39 Å². The lowest BCUT2D eigenvalue weighted by molar-refractivity contribution is 0.628. The third-order valence-corrected chi connectivity index (χ3v) is 2.84. The van der Waals surface area contributed by atoms with E-state index in [-0.39, 0.29) is 5.82 Å². The minimum atomic E-state index is -0.237. The zero-order chi connectivity index (χ0) is 12.4. The maximum absolute atomic E-state index is 12.9. The Labute approximate surface area is 104 Å². The van der Waals surface area contributed by atoms with Crippen LogP contribution in [0.2, 0.25) is 0 Å². The Bertz CT molecular complexity index is 590. The van der Waals surface area contributed by atoms with E-state index in [0.717, 1.165) is 29.2 Å². The number of halogens is 1. The van der Waals surface area contributed by atoms with Crippen LogP contribution in [-0.4, -0.2) is 11.7 Å². The molecular formula is C14H12FN3. The second-order valence-electron chi connectivity index (χ2n) is 4.05. The Morgan fingerprint density at radius 1 is 1.06 bits per heavy atom. The van der Waals surface area contributed by atoms with Crippen LogP contribution in [0.4, 0.5) is 4.39 Å². The van der Waals surface area contributed by atoms with Crippen molar-refractivity contribution in [2.75, 3.05) is 6.67 Å². The van der Waals surface area contributed by atoms with E-state index >= 15 is 0 Å². The third-order valence-electron chi connectivity index (χ3n) is 2.84. The van der Waals surface area contributed by atoms with Crippen molar-refractivity contribution in [1.82, 2.24) is 15.6 Å². The number of hydrogen-bond donors (Lipinski definition) is 2. The largest absolute Gasteiger partial charge is 0.372 e. The van der Waals surface area contributed by atoms with Crippen molar-refractivity contribution in [2.24, 2.45) is 0 Å². The van der Waals surface area contributed by atoms with Gasteiger partial charge in [0, 0.05) is 23.5 Å². The van der Waals surface area contributed by atoms with Crippen LogP contribution in [0.25, 0.3) is 17.0 Å². The fraction of sp³-hybridized carbons (Fsp3) is 0.0714. The molecule has 0 saturated heterocycles. The van der Waals surface area contributed by atoms with E-state index in [1.807, 2.05) is 18.3 Å². The summed E-state index contributed by atoms with van der Waals surface area (Å²) >= 11 is 0. The molecule has 0 saturated carbocycles. The van der Waals surface area contributed by atoms with Gasteiger partial charge in [0.05, 0.1) is 18.1 Å². The van der Waals surface area contributed by atoms with Gasteiger partial charge < -0.3 is 10.6 Å². The maximum atomic E-state index is 12.9. The number of nitrogens with one attached hydrogen (secondary N) is 2. The van der Waals surface area contributed by atoms with Gasteiger partial charge in [0.25, 0.3) is 0 Å². The molecular weight excluding hydrogens is 229 g/mol. The van der Waals surface area contributed by atoms with E-state index in [1.54, 1.807) is 18.3 Å². The van der Waals surface area contributed by atoms with Crippen LogP contribution in [0.5, 0.6) is 0 Å².